The second kappa shape index (κ2) is 6.23. The lowest BCUT2D eigenvalue weighted by atomic mass is 10.1. The van der Waals surface area contributed by atoms with Gasteiger partial charge in [0.1, 0.15) is 0 Å². The smallest absolute Gasteiger partial charge is 0.0965 e. The average molecular weight is 247 g/mol. The van der Waals surface area contributed by atoms with Crippen molar-refractivity contribution in [3.63, 3.8) is 0 Å². The molecule has 0 spiro atoms. The van der Waals surface area contributed by atoms with E-state index in [1.807, 2.05) is 24.5 Å². The standard InChI is InChI=1S/C12H17N5O/c1-10(11-3-2-4-13-7-11)14-8-12-9-17(5-6-18)16-15-12/h2-4,7,9-10,14,18H,5-6,8H2,1H3/t10-/m1/s1. The molecule has 0 saturated heterocycles. The van der Waals surface area contributed by atoms with Crippen molar-refractivity contribution in [2.75, 3.05) is 6.61 Å². The molecule has 0 fully saturated rings. The van der Waals surface area contributed by atoms with Gasteiger partial charge in [0.25, 0.3) is 0 Å². The number of aliphatic hydroxyl groups excluding tert-OH is 1. The van der Waals surface area contributed by atoms with Crippen LogP contribution in [0.15, 0.2) is 30.7 Å². The molecule has 0 aliphatic rings. The van der Waals surface area contributed by atoms with Crippen LogP contribution >= 0.6 is 0 Å². The number of nitrogens with zero attached hydrogens (tertiary/aromatic N) is 4. The lowest BCUT2D eigenvalue weighted by molar-refractivity contribution is 0.268. The first-order chi connectivity index (χ1) is 8.79. The Balaban J connectivity index is 1.87. The Bertz CT molecular complexity index is 470. The predicted molar refractivity (Wildman–Crippen MR) is 66.6 cm³/mol. The highest BCUT2D eigenvalue weighted by Crippen LogP contribution is 2.10. The Kier molecular flexibility index (Phi) is 4.38. The summed E-state index contributed by atoms with van der Waals surface area (Å²) >= 11 is 0. The molecule has 0 aliphatic heterocycles. The van der Waals surface area contributed by atoms with E-state index in [1.54, 1.807) is 10.9 Å². The molecule has 1 atom stereocenters. The average Bonchev–Trinajstić information content (AvgIpc) is 2.85. The van der Waals surface area contributed by atoms with Gasteiger partial charge in [0, 0.05) is 31.2 Å². The van der Waals surface area contributed by atoms with E-state index in [0.717, 1.165) is 11.3 Å². The van der Waals surface area contributed by atoms with E-state index in [-0.39, 0.29) is 12.6 Å². The van der Waals surface area contributed by atoms with Gasteiger partial charge in [-0.05, 0) is 18.6 Å². The molecule has 0 unspecified atom stereocenters. The normalized spacial score (nSPS) is 12.6. The fraction of sp³-hybridized carbons (Fsp3) is 0.417. The quantitative estimate of drug-likeness (QED) is 0.778. The van der Waals surface area contributed by atoms with Gasteiger partial charge in [0.05, 0.1) is 18.8 Å². The largest absolute Gasteiger partial charge is 0.394 e. The highest BCUT2D eigenvalue weighted by molar-refractivity contribution is 5.12. The summed E-state index contributed by atoms with van der Waals surface area (Å²) in [4.78, 5) is 4.09. The van der Waals surface area contributed by atoms with Crippen LogP contribution in [0.25, 0.3) is 0 Å². The van der Waals surface area contributed by atoms with E-state index in [1.165, 1.54) is 0 Å². The topological polar surface area (TPSA) is 75.9 Å². The number of aliphatic hydroxyl groups is 1. The van der Waals surface area contributed by atoms with Gasteiger partial charge in [-0.25, -0.2) is 4.68 Å². The zero-order valence-corrected chi connectivity index (χ0v) is 10.3. The fourth-order valence-electron chi connectivity index (χ4n) is 1.64. The molecule has 18 heavy (non-hydrogen) atoms. The summed E-state index contributed by atoms with van der Waals surface area (Å²) in [6.07, 6.45) is 5.44. The SMILES string of the molecule is C[C@@H](NCc1cn(CCO)nn1)c1cccnc1. The Hall–Kier alpha value is -1.79. The van der Waals surface area contributed by atoms with Crippen molar-refractivity contribution in [1.82, 2.24) is 25.3 Å². The third-order valence-corrected chi connectivity index (χ3v) is 2.69. The van der Waals surface area contributed by atoms with Gasteiger partial charge < -0.3 is 10.4 Å². The first-order valence-electron chi connectivity index (χ1n) is 5.93. The van der Waals surface area contributed by atoms with E-state index in [4.69, 9.17) is 5.11 Å². The second-order valence-corrected chi connectivity index (χ2v) is 4.09. The molecule has 0 amide bonds. The predicted octanol–water partition coefficient (Wildman–Crippen LogP) is 0.516. The summed E-state index contributed by atoms with van der Waals surface area (Å²) in [6.45, 7) is 3.27. The van der Waals surface area contributed by atoms with E-state index in [9.17, 15) is 0 Å². The number of rotatable bonds is 6. The molecule has 0 saturated carbocycles. The molecule has 2 aromatic rings. The molecule has 6 heteroatoms. The van der Waals surface area contributed by atoms with Crippen LogP contribution < -0.4 is 5.32 Å². The Morgan fingerprint density at radius 2 is 2.39 bits per heavy atom. The number of hydrogen-bond donors (Lipinski definition) is 2. The number of hydrogen-bond acceptors (Lipinski definition) is 5. The summed E-state index contributed by atoms with van der Waals surface area (Å²) in [5, 5.41) is 20.1. The van der Waals surface area contributed by atoms with E-state index >= 15 is 0 Å². The first-order valence-corrected chi connectivity index (χ1v) is 5.93. The van der Waals surface area contributed by atoms with Gasteiger partial charge in [-0.15, -0.1) is 5.10 Å². The van der Waals surface area contributed by atoms with E-state index < -0.39 is 0 Å². The summed E-state index contributed by atoms with van der Waals surface area (Å²) in [6, 6.07) is 4.17. The van der Waals surface area contributed by atoms with Crippen molar-refractivity contribution in [3.05, 3.63) is 42.0 Å². The van der Waals surface area contributed by atoms with Crippen molar-refractivity contribution in [2.45, 2.75) is 26.1 Å². The molecule has 6 nitrogen and oxygen atoms in total. The van der Waals surface area contributed by atoms with Crippen LogP contribution in [-0.4, -0.2) is 31.7 Å². The summed E-state index contributed by atoms with van der Waals surface area (Å²) < 4.78 is 1.63. The monoisotopic (exact) mass is 247 g/mol. The summed E-state index contributed by atoms with van der Waals surface area (Å²) in [7, 11) is 0. The van der Waals surface area contributed by atoms with Crippen LogP contribution in [0.5, 0.6) is 0 Å². The van der Waals surface area contributed by atoms with Gasteiger partial charge in [-0.2, -0.15) is 0 Å². The van der Waals surface area contributed by atoms with E-state index in [0.29, 0.717) is 13.1 Å². The fourth-order valence-corrected chi connectivity index (χ4v) is 1.64. The maximum atomic E-state index is 8.78. The lowest BCUT2D eigenvalue weighted by Gasteiger charge is -2.12. The Morgan fingerprint density at radius 1 is 1.50 bits per heavy atom. The van der Waals surface area contributed by atoms with Gasteiger partial charge in [-0.3, -0.25) is 4.98 Å². The van der Waals surface area contributed by atoms with Crippen molar-refractivity contribution in [1.29, 1.82) is 0 Å². The van der Waals surface area contributed by atoms with Crippen molar-refractivity contribution >= 4 is 0 Å². The van der Waals surface area contributed by atoms with Crippen LogP contribution in [0.1, 0.15) is 24.2 Å². The molecule has 0 radical (unpaired) electrons. The minimum atomic E-state index is 0.0717. The summed E-state index contributed by atoms with van der Waals surface area (Å²) in [5.41, 5.74) is 2.00. The number of aromatic nitrogens is 4. The highest BCUT2D eigenvalue weighted by atomic mass is 16.3. The number of nitrogens with one attached hydrogen (secondary N) is 1. The van der Waals surface area contributed by atoms with Crippen molar-refractivity contribution < 1.29 is 5.11 Å². The third kappa shape index (κ3) is 3.35. The molecule has 2 N–H and O–H groups in total. The van der Waals surface area contributed by atoms with Gasteiger partial charge in [0.15, 0.2) is 0 Å². The maximum Gasteiger partial charge on any atom is 0.0965 e. The van der Waals surface area contributed by atoms with Gasteiger partial charge in [-0.1, -0.05) is 11.3 Å². The minimum Gasteiger partial charge on any atom is -0.394 e. The van der Waals surface area contributed by atoms with Crippen LogP contribution in [0, 0.1) is 0 Å². The molecular formula is C12H17N5O. The molecule has 96 valence electrons. The molecule has 0 aliphatic carbocycles. The van der Waals surface area contributed by atoms with Gasteiger partial charge >= 0.3 is 0 Å². The first kappa shape index (κ1) is 12.7. The van der Waals surface area contributed by atoms with Crippen LogP contribution in [0.3, 0.4) is 0 Å². The Morgan fingerprint density at radius 3 is 3.11 bits per heavy atom. The lowest BCUT2D eigenvalue weighted by Crippen LogP contribution is -2.18. The zero-order chi connectivity index (χ0) is 12.8. The minimum absolute atomic E-state index is 0.0717. The molecule has 0 aromatic carbocycles. The molecule has 2 aromatic heterocycles. The zero-order valence-electron chi connectivity index (χ0n) is 10.3. The van der Waals surface area contributed by atoms with Gasteiger partial charge in [0.2, 0.25) is 0 Å². The molecule has 0 bridgehead atoms. The Labute approximate surface area is 106 Å². The van der Waals surface area contributed by atoms with E-state index in [2.05, 4.69) is 27.5 Å². The molecular weight excluding hydrogens is 230 g/mol. The van der Waals surface area contributed by atoms with Crippen molar-refractivity contribution in [2.24, 2.45) is 0 Å². The molecule has 2 heterocycles. The van der Waals surface area contributed by atoms with Crippen molar-refractivity contribution in [3.8, 4) is 0 Å². The van der Waals surface area contributed by atoms with Crippen LogP contribution in [0.2, 0.25) is 0 Å². The number of pyridine rings is 1. The maximum absolute atomic E-state index is 8.78. The van der Waals surface area contributed by atoms with Crippen LogP contribution in [-0.2, 0) is 13.1 Å². The van der Waals surface area contributed by atoms with Crippen LogP contribution in [0.4, 0.5) is 0 Å². The highest BCUT2D eigenvalue weighted by Gasteiger charge is 2.06. The molecule has 2 rings (SSSR count). The second-order valence-electron chi connectivity index (χ2n) is 4.09. The third-order valence-electron chi connectivity index (χ3n) is 2.69. The summed E-state index contributed by atoms with van der Waals surface area (Å²) in [5.74, 6) is 0.